The Bertz CT molecular complexity index is 299. The van der Waals surface area contributed by atoms with Crippen molar-refractivity contribution in [3.63, 3.8) is 0 Å². The van der Waals surface area contributed by atoms with Gasteiger partial charge >= 0.3 is 0 Å². The average molecular weight is 204 g/mol. The van der Waals surface area contributed by atoms with E-state index in [1.165, 1.54) is 30.6 Å². The summed E-state index contributed by atoms with van der Waals surface area (Å²) in [6.07, 6.45) is 2.60. The van der Waals surface area contributed by atoms with Crippen LogP contribution in [0.25, 0.3) is 0 Å². The van der Waals surface area contributed by atoms with Crippen LogP contribution in [-0.2, 0) is 0 Å². The van der Waals surface area contributed by atoms with Crippen LogP contribution in [0.1, 0.15) is 18.4 Å². The van der Waals surface area contributed by atoms with Crippen molar-refractivity contribution in [1.29, 1.82) is 0 Å². The quantitative estimate of drug-likeness (QED) is 0.794. The minimum atomic E-state index is 0.654. The third-order valence-corrected chi connectivity index (χ3v) is 3.26. The molecule has 82 valence electrons. The zero-order chi connectivity index (χ0) is 10.7. The first-order valence-electron chi connectivity index (χ1n) is 5.77. The molecular weight excluding hydrogens is 184 g/mol. The van der Waals surface area contributed by atoms with Crippen LogP contribution in [0.15, 0.2) is 24.3 Å². The molecule has 2 rings (SSSR count). The topological polar surface area (TPSA) is 15.3 Å². The van der Waals surface area contributed by atoms with Gasteiger partial charge in [0.1, 0.15) is 0 Å². The van der Waals surface area contributed by atoms with Crippen molar-refractivity contribution in [3.05, 3.63) is 29.8 Å². The fourth-order valence-corrected chi connectivity index (χ4v) is 2.15. The highest BCUT2D eigenvalue weighted by Gasteiger charge is 2.17. The molecule has 1 aliphatic heterocycles. The largest absolute Gasteiger partial charge is 0.370 e. The van der Waals surface area contributed by atoms with Crippen molar-refractivity contribution < 1.29 is 0 Å². The zero-order valence-electron chi connectivity index (χ0n) is 9.66. The molecule has 15 heavy (non-hydrogen) atoms. The standard InChI is InChI=1S/C13H20N2/c1-11-5-7-12(8-6-11)15(2)13-4-3-9-14-10-13/h5-8,13-14H,3-4,9-10H2,1-2H3/t13-/m1/s1. The van der Waals surface area contributed by atoms with Crippen molar-refractivity contribution in [3.8, 4) is 0 Å². The summed E-state index contributed by atoms with van der Waals surface area (Å²) < 4.78 is 0. The summed E-state index contributed by atoms with van der Waals surface area (Å²) in [6.45, 7) is 4.43. The molecule has 1 atom stereocenters. The second kappa shape index (κ2) is 4.67. The maximum Gasteiger partial charge on any atom is 0.0411 e. The highest BCUT2D eigenvalue weighted by molar-refractivity contribution is 5.47. The van der Waals surface area contributed by atoms with Gasteiger partial charge in [0.15, 0.2) is 0 Å². The van der Waals surface area contributed by atoms with Gasteiger partial charge in [0.2, 0.25) is 0 Å². The van der Waals surface area contributed by atoms with Crippen LogP contribution < -0.4 is 10.2 Å². The summed E-state index contributed by atoms with van der Waals surface area (Å²) in [5.74, 6) is 0. The van der Waals surface area contributed by atoms with Crippen LogP contribution >= 0.6 is 0 Å². The first-order valence-corrected chi connectivity index (χ1v) is 5.77. The first-order chi connectivity index (χ1) is 7.27. The van der Waals surface area contributed by atoms with Crippen LogP contribution in [0.5, 0.6) is 0 Å². The third kappa shape index (κ3) is 2.51. The Balaban J connectivity index is 2.05. The van der Waals surface area contributed by atoms with E-state index < -0.39 is 0 Å². The number of anilines is 1. The second-order valence-electron chi connectivity index (χ2n) is 4.45. The number of likely N-dealkylation sites (N-methyl/N-ethyl adjacent to an activating group) is 1. The fourth-order valence-electron chi connectivity index (χ4n) is 2.15. The number of hydrogen-bond acceptors (Lipinski definition) is 2. The number of hydrogen-bond donors (Lipinski definition) is 1. The third-order valence-electron chi connectivity index (χ3n) is 3.26. The van der Waals surface area contributed by atoms with Gasteiger partial charge in [0.05, 0.1) is 0 Å². The van der Waals surface area contributed by atoms with Crippen molar-refractivity contribution >= 4 is 5.69 Å². The average Bonchev–Trinajstić information content (AvgIpc) is 2.30. The van der Waals surface area contributed by atoms with E-state index in [0.29, 0.717) is 6.04 Å². The number of aryl methyl sites for hydroxylation is 1. The van der Waals surface area contributed by atoms with E-state index in [0.717, 1.165) is 6.54 Å². The zero-order valence-corrected chi connectivity index (χ0v) is 9.66. The highest BCUT2D eigenvalue weighted by atomic mass is 15.2. The number of benzene rings is 1. The minimum Gasteiger partial charge on any atom is -0.370 e. The molecule has 0 spiro atoms. The van der Waals surface area contributed by atoms with Gasteiger partial charge in [-0.3, -0.25) is 0 Å². The Morgan fingerprint density at radius 3 is 2.60 bits per heavy atom. The lowest BCUT2D eigenvalue weighted by molar-refractivity contribution is 0.445. The van der Waals surface area contributed by atoms with Gasteiger partial charge in [-0.2, -0.15) is 0 Å². The summed E-state index contributed by atoms with van der Waals surface area (Å²) in [7, 11) is 2.20. The minimum absolute atomic E-state index is 0.654. The summed E-state index contributed by atoms with van der Waals surface area (Å²) >= 11 is 0. The molecule has 2 nitrogen and oxygen atoms in total. The molecule has 1 aromatic carbocycles. The molecule has 0 aromatic heterocycles. The predicted octanol–water partition coefficient (Wildman–Crippen LogP) is 2.18. The van der Waals surface area contributed by atoms with Gasteiger partial charge in [0, 0.05) is 25.3 Å². The van der Waals surface area contributed by atoms with Gasteiger partial charge < -0.3 is 10.2 Å². The van der Waals surface area contributed by atoms with Crippen LogP contribution in [0.3, 0.4) is 0 Å². The van der Waals surface area contributed by atoms with E-state index in [1.807, 2.05) is 0 Å². The van der Waals surface area contributed by atoms with Crippen molar-refractivity contribution in [2.45, 2.75) is 25.8 Å². The molecule has 1 fully saturated rings. The molecule has 1 aromatic rings. The normalized spacial score (nSPS) is 21.3. The Morgan fingerprint density at radius 2 is 2.00 bits per heavy atom. The molecule has 1 saturated heterocycles. The lowest BCUT2D eigenvalue weighted by Crippen LogP contribution is -2.44. The Hall–Kier alpha value is -1.02. The predicted molar refractivity (Wildman–Crippen MR) is 65.5 cm³/mol. The Kier molecular flexibility index (Phi) is 3.27. The summed E-state index contributed by atoms with van der Waals surface area (Å²) in [6, 6.07) is 9.44. The summed E-state index contributed by atoms with van der Waals surface area (Å²) in [5, 5.41) is 3.46. The van der Waals surface area contributed by atoms with E-state index in [1.54, 1.807) is 0 Å². The molecule has 0 radical (unpaired) electrons. The number of nitrogens with zero attached hydrogens (tertiary/aromatic N) is 1. The maximum atomic E-state index is 3.46. The molecular formula is C13H20N2. The summed E-state index contributed by atoms with van der Waals surface area (Å²) in [4.78, 5) is 2.39. The SMILES string of the molecule is Cc1ccc(N(C)[C@@H]2CCCNC2)cc1. The smallest absolute Gasteiger partial charge is 0.0411 e. The van der Waals surface area contributed by atoms with Crippen LogP contribution in [0.4, 0.5) is 5.69 Å². The van der Waals surface area contributed by atoms with E-state index in [-0.39, 0.29) is 0 Å². The van der Waals surface area contributed by atoms with E-state index in [2.05, 4.69) is 48.5 Å². The van der Waals surface area contributed by atoms with E-state index >= 15 is 0 Å². The second-order valence-corrected chi connectivity index (χ2v) is 4.45. The molecule has 0 aliphatic carbocycles. The van der Waals surface area contributed by atoms with Gasteiger partial charge in [-0.15, -0.1) is 0 Å². The van der Waals surface area contributed by atoms with Crippen molar-refractivity contribution in [1.82, 2.24) is 5.32 Å². The Labute approximate surface area is 92.3 Å². The molecule has 1 N–H and O–H groups in total. The molecule has 1 heterocycles. The van der Waals surface area contributed by atoms with E-state index in [4.69, 9.17) is 0 Å². The van der Waals surface area contributed by atoms with Gasteiger partial charge in [0.25, 0.3) is 0 Å². The van der Waals surface area contributed by atoms with Gasteiger partial charge in [-0.1, -0.05) is 17.7 Å². The lowest BCUT2D eigenvalue weighted by atomic mass is 10.1. The van der Waals surface area contributed by atoms with Crippen molar-refractivity contribution in [2.24, 2.45) is 0 Å². The molecule has 0 saturated carbocycles. The number of piperidine rings is 1. The highest BCUT2D eigenvalue weighted by Crippen LogP contribution is 2.19. The molecule has 1 aliphatic rings. The van der Waals surface area contributed by atoms with Gasteiger partial charge in [-0.05, 0) is 38.4 Å². The molecule has 0 bridgehead atoms. The lowest BCUT2D eigenvalue weighted by Gasteiger charge is -2.33. The fraction of sp³-hybridized carbons (Fsp3) is 0.538. The Morgan fingerprint density at radius 1 is 1.27 bits per heavy atom. The maximum absolute atomic E-state index is 3.46. The van der Waals surface area contributed by atoms with Crippen molar-refractivity contribution in [2.75, 3.05) is 25.0 Å². The number of nitrogens with one attached hydrogen (secondary N) is 1. The first kappa shape index (κ1) is 10.5. The monoisotopic (exact) mass is 204 g/mol. The molecule has 2 heteroatoms. The van der Waals surface area contributed by atoms with Crippen LogP contribution in [0, 0.1) is 6.92 Å². The summed E-state index contributed by atoms with van der Waals surface area (Å²) in [5.41, 5.74) is 2.66. The number of rotatable bonds is 2. The van der Waals surface area contributed by atoms with E-state index in [9.17, 15) is 0 Å². The molecule has 0 unspecified atom stereocenters. The van der Waals surface area contributed by atoms with Gasteiger partial charge in [-0.25, -0.2) is 0 Å². The van der Waals surface area contributed by atoms with Crippen LogP contribution in [-0.4, -0.2) is 26.2 Å². The van der Waals surface area contributed by atoms with Crippen LogP contribution in [0.2, 0.25) is 0 Å². The molecule has 0 amide bonds.